The van der Waals surface area contributed by atoms with Crippen molar-refractivity contribution >= 4 is 16.8 Å². The third-order valence-electron chi connectivity index (χ3n) is 5.31. The monoisotopic (exact) mass is 402 g/mol. The van der Waals surface area contributed by atoms with Crippen molar-refractivity contribution in [3.05, 3.63) is 65.6 Å². The molecular weight excluding hydrogens is 381 g/mol. The zero-order valence-corrected chi connectivity index (χ0v) is 16.0. The molecule has 0 N–H and O–H groups in total. The molecule has 4 rings (SSSR count). The van der Waals surface area contributed by atoms with E-state index in [4.69, 9.17) is 0 Å². The van der Waals surface area contributed by atoms with Crippen LogP contribution in [0.5, 0.6) is 0 Å². The Labute approximate surface area is 166 Å². The number of benzene rings is 2. The molecule has 0 aliphatic carbocycles. The molecule has 8 heteroatoms. The maximum Gasteiger partial charge on any atom is 0.285 e. The summed E-state index contributed by atoms with van der Waals surface area (Å²) in [6, 6.07) is 11.8. The lowest BCUT2D eigenvalue weighted by Crippen LogP contribution is -2.51. The molecule has 0 spiro atoms. The second-order valence-corrected chi connectivity index (χ2v) is 7.27. The summed E-state index contributed by atoms with van der Waals surface area (Å²) >= 11 is 0. The standard InChI is InChI=1S/C21H21F3N4O/c1-26-18-5-3-2-4-17(18)19(25-26)20(29)28-12-10-27(11-13-28)14-21(23,24)15-6-8-16(22)9-7-15/h2-9H,10-14H2,1H3. The molecule has 0 unspecified atom stereocenters. The van der Waals surface area contributed by atoms with Crippen LogP contribution in [0.3, 0.4) is 0 Å². The number of para-hydroxylation sites is 1. The molecule has 1 aliphatic heterocycles. The molecule has 5 nitrogen and oxygen atoms in total. The molecule has 0 bridgehead atoms. The topological polar surface area (TPSA) is 41.4 Å². The van der Waals surface area contributed by atoms with Crippen LogP contribution in [0.2, 0.25) is 0 Å². The van der Waals surface area contributed by atoms with E-state index in [-0.39, 0.29) is 11.5 Å². The number of alkyl halides is 2. The van der Waals surface area contributed by atoms with Crippen molar-refractivity contribution in [2.45, 2.75) is 5.92 Å². The molecule has 152 valence electrons. The number of piperazine rings is 1. The van der Waals surface area contributed by atoms with Gasteiger partial charge in [0.1, 0.15) is 5.82 Å². The number of rotatable bonds is 4. The van der Waals surface area contributed by atoms with Crippen molar-refractivity contribution in [1.82, 2.24) is 19.6 Å². The Morgan fingerprint density at radius 3 is 2.38 bits per heavy atom. The molecule has 0 atom stereocenters. The number of nitrogens with zero attached hydrogens (tertiary/aromatic N) is 4. The quantitative estimate of drug-likeness (QED) is 0.673. The number of fused-ring (bicyclic) bond motifs is 1. The van der Waals surface area contributed by atoms with Crippen LogP contribution < -0.4 is 0 Å². The van der Waals surface area contributed by atoms with Gasteiger partial charge in [0, 0.05) is 44.2 Å². The summed E-state index contributed by atoms with van der Waals surface area (Å²) in [6.45, 7) is 0.917. The Balaban J connectivity index is 1.41. The van der Waals surface area contributed by atoms with E-state index in [9.17, 15) is 18.0 Å². The first kappa shape index (κ1) is 19.4. The van der Waals surface area contributed by atoms with E-state index in [1.165, 1.54) is 0 Å². The summed E-state index contributed by atoms with van der Waals surface area (Å²) in [5.41, 5.74) is 1.04. The molecule has 1 aromatic heterocycles. The van der Waals surface area contributed by atoms with E-state index < -0.39 is 18.3 Å². The number of amides is 1. The van der Waals surface area contributed by atoms with Gasteiger partial charge in [-0.15, -0.1) is 0 Å². The van der Waals surface area contributed by atoms with Crippen molar-refractivity contribution in [2.75, 3.05) is 32.7 Å². The summed E-state index contributed by atoms with van der Waals surface area (Å²) < 4.78 is 43.7. The SMILES string of the molecule is Cn1nc(C(=O)N2CCN(CC(F)(F)c3ccc(F)cc3)CC2)c2ccccc21. The molecule has 2 aromatic carbocycles. The molecular formula is C21H21F3N4O. The van der Waals surface area contributed by atoms with E-state index in [0.717, 1.165) is 35.2 Å². The highest BCUT2D eigenvalue weighted by Crippen LogP contribution is 2.29. The Kier molecular flexibility index (Phi) is 5.04. The first-order chi connectivity index (χ1) is 13.8. The van der Waals surface area contributed by atoms with Gasteiger partial charge in [-0.2, -0.15) is 13.9 Å². The fourth-order valence-electron chi connectivity index (χ4n) is 3.70. The third-order valence-corrected chi connectivity index (χ3v) is 5.31. The summed E-state index contributed by atoms with van der Waals surface area (Å²) in [7, 11) is 1.79. The molecule has 3 aromatic rings. The molecule has 0 radical (unpaired) electrons. The Bertz CT molecular complexity index is 1020. The van der Waals surface area contributed by atoms with Crippen LogP contribution in [0, 0.1) is 5.82 Å². The van der Waals surface area contributed by atoms with Crippen LogP contribution in [0.15, 0.2) is 48.5 Å². The molecule has 1 saturated heterocycles. The van der Waals surface area contributed by atoms with Gasteiger partial charge >= 0.3 is 0 Å². The lowest BCUT2D eigenvalue weighted by Gasteiger charge is -2.36. The van der Waals surface area contributed by atoms with Crippen LogP contribution in [-0.4, -0.2) is 58.2 Å². The lowest BCUT2D eigenvalue weighted by atomic mass is 10.1. The molecule has 1 fully saturated rings. The fraction of sp³-hybridized carbons (Fsp3) is 0.333. The highest BCUT2D eigenvalue weighted by atomic mass is 19.3. The normalized spacial score (nSPS) is 15.8. The zero-order chi connectivity index (χ0) is 20.6. The van der Waals surface area contributed by atoms with Crippen LogP contribution in [-0.2, 0) is 13.0 Å². The Morgan fingerprint density at radius 1 is 1.03 bits per heavy atom. The van der Waals surface area contributed by atoms with Gasteiger partial charge < -0.3 is 4.90 Å². The first-order valence-electron chi connectivity index (χ1n) is 9.42. The van der Waals surface area contributed by atoms with Crippen LogP contribution in [0.4, 0.5) is 13.2 Å². The van der Waals surface area contributed by atoms with Gasteiger partial charge in [0.2, 0.25) is 0 Å². The number of aryl methyl sites for hydroxylation is 1. The molecule has 0 saturated carbocycles. The molecule has 1 aliphatic rings. The number of carbonyl (C=O) groups is 1. The lowest BCUT2D eigenvalue weighted by molar-refractivity contribution is -0.0456. The van der Waals surface area contributed by atoms with E-state index in [1.807, 2.05) is 24.3 Å². The second-order valence-electron chi connectivity index (χ2n) is 7.27. The predicted octanol–water partition coefficient (Wildman–Crippen LogP) is 3.26. The minimum Gasteiger partial charge on any atom is -0.335 e. The number of carbonyl (C=O) groups excluding carboxylic acids is 1. The largest absolute Gasteiger partial charge is 0.335 e. The van der Waals surface area contributed by atoms with Gasteiger partial charge in [-0.1, -0.05) is 30.3 Å². The van der Waals surface area contributed by atoms with E-state index in [2.05, 4.69) is 5.10 Å². The van der Waals surface area contributed by atoms with Crippen LogP contribution in [0.1, 0.15) is 16.1 Å². The highest BCUT2D eigenvalue weighted by molar-refractivity contribution is 6.04. The van der Waals surface area contributed by atoms with E-state index in [0.29, 0.717) is 31.9 Å². The summed E-state index contributed by atoms with van der Waals surface area (Å²) in [4.78, 5) is 16.2. The summed E-state index contributed by atoms with van der Waals surface area (Å²) in [5, 5.41) is 5.13. The molecule has 1 amide bonds. The average Bonchev–Trinajstić information content (AvgIpc) is 3.05. The fourth-order valence-corrected chi connectivity index (χ4v) is 3.70. The van der Waals surface area contributed by atoms with Crippen molar-refractivity contribution in [3.8, 4) is 0 Å². The summed E-state index contributed by atoms with van der Waals surface area (Å²) in [6.07, 6.45) is 0. The number of hydrogen-bond donors (Lipinski definition) is 0. The van der Waals surface area contributed by atoms with Gasteiger partial charge in [-0.25, -0.2) is 4.39 Å². The average molecular weight is 402 g/mol. The maximum absolute atomic E-state index is 14.5. The minimum absolute atomic E-state index is 0.188. The Morgan fingerprint density at radius 2 is 1.69 bits per heavy atom. The van der Waals surface area contributed by atoms with Gasteiger partial charge in [0.05, 0.1) is 12.1 Å². The minimum atomic E-state index is -3.09. The zero-order valence-electron chi connectivity index (χ0n) is 16.0. The van der Waals surface area contributed by atoms with E-state index >= 15 is 0 Å². The van der Waals surface area contributed by atoms with Crippen molar-refractivity contribution in [1.29, 1.82) is 0 Å². The van der Waals surface area contributed by atoms with Gasteiger partial charge in [-0.3, -0.25) is 14.4 Å². The predicted molar refractivity (Wildman–Crippen MR) is 103 cm³/mol. The van der Waals surface area contributed by atoms with Crippen LogP contribution in [0.25, 0.3) is 10.9 Å². The maximum atomic E-state index is 14.5. The van der Waals surface area contributed by atoms with Gasteiger partial charge in [0.15, 0.2) is 5.69 Å². The van der Waals surface area contributed by atoms with Gasteiger partial charge in [-0.05, 0) is 18.2 Å². The smallest absolute Gasteiger partial charge is 0.285 e. The van der Waals surface area contributed by atoms with Gasteiger partial charge in [0.25, 0.3) is 11.8 Å². The number of hydrogen-bond acceptors (Lipinski definition) is 3. The number of aromatic nitrogens is 2. The molecule has 2 heterocycles. The van der Waals surface area contributed by atoms with Crippen LogP contribution >= 0.6 is 0 Å². The highest BCUT2D eigenvalue weighted by Gasteiger charge is 2.36. The second kappa shape index (κ2) is 7.51. The first-order valence-corrected chi connectivity index (χ1v) is 9.42. The third kappa shape index (κ3) is 3.85. The summed E-state index contributed by atoms with van der Waals surface area (Å²) in [5.74, 6) is -3.82. The van der Waals surface area contributed by atoms with E-state index in [1.54, 1.807) is 21.5 Å². The van der Waals surface area contributed by atoms with Crippen molar-refractivity contribution < 1.29 is 18.0 Å². The molecule has 29 heavy (non-hydrogen) atoms. The van der Waals surface area contributed by atoms with Crippen molar-refractivity contribution in [3.63, 3.8) is 0 Å². The number of halogens is 3. The van der Waals surface area contributed by atoms with Crippen molar-refractivity contribution in [2.24, 2.45) is 7.05 Å². The Hall–Kier alpha value is -2.87.